The van der Waals surface area contributed by atoms with Gasteiger partial charge in [0.2, 0.25) is 0 Å². The molecular weight excluding hydrogens is 454 g/mol. The molecule has 2 aromatic carbocycles. The van der Waals surface area contributed by atoms with Crippen LogP contribution in [-0.2, 0) is 4.74 Å². The van der Waals surface area contributed by atoms with Crippen LogP contribution >= 0.6 is 27.3 Å². The van der Waals surface area contributed by atoms with Gasteiger partial charge in [0, 0.05) is 11.0 Å². The van der Waals surface area contributed by atoms with Crippen molar-refractivity contribution < 1.29 is 14.3 Å². The van der Waals surface area contributed by atoms with E-state index in [1.807, 2.05) is 32.3 Å². The van der Waals surface area contributed by atoms with Crippen molar-refractivity contribution in [1.82, 2.24) is 9.88 Å². The lowest BCUT2D eigenvalue weighted by Gasteiger charge is -2.22. The van der Waals surface area contributed by atoms with Crippen molar-refractivity contribution in [3.8, 4) is 0 Å². The van der Waals surface area contributed by atoms with Gasteiger partial charge in [-0.15, -0.1) is 0 Å². The molecule has 1 heterocycles. The van der Waals surface area contributed by atoms with Crippen LogP contribution in [0.2, 0.25) is 0 Å². The molecule has 1 aromatic heterocycles. The average Bonchev–Trinajstić information content (AvgIpc) is 3.12. The second-order valence-electron chi connectivity index (χ2n) is 6.76. The largest absolute Gasteiger partial charge is 0.465 e. The molecule has 0 atom stereocenters. The summed E-state index contributed by atoms with van der Waals surface area (Å²) >= 11 is 4.93. The number of nitrogens with zero attached hydrogens (tertiary/aromatic N) is 3. The number of thiazole rings is 1. The molecule has 0 aliphatic rings. The smallest absolute Gasteiger partial charge is 0.338 e. The number of halogens is 1. The van der Waals surface area contributed by atoms with Gasteiger partial charge in [-0.25, -0.2) is 9.78 Å². The van der Waals surface area contributed by atoms with E-state index in [-0.39, 0.29) is 11.5 Å². The quantitative estimate of drug-likeness (QED) is 0.472. The van der Waals surface area contributed by atoms with Crippen LogP contribution in [0.15, 0.2) is 46.9 Å². The van der Waals surface area contributed by atoms with Crippen molar-refractivity contribution in [2.75, 3.05) is 39.2 Å². The van der Waals surface area contributed by atoms with Crippen LogP contribution in [0.5, 0.6) is 0 Å². The van der Waals surface area contributed by atoms with Crippen molar-refractivity contribution in [2.45, 2.75) is 6.42 Å². The molecule has 0 bridgehead atoms. The molecule has 0 saturated carbocycles. The summed E-state index contributed by atoms with van der Waals surface area (Å²) in [4.78, 5) is 34.0. The maximum atomic E-state index is 13.5. The molecule has 29 heavy (non-hydrogen) atoms. The average molecular weight is 476 g/mol. The number of methoxy groups -OCH3 is 1. The third-order valence-electron chi connectivity index (χ3n) is 4.37. The minimum Gasteiger partial charge on any atom is -0.465 e. The van der Waals surface area contributed by atoms with Gasteiger partial charge in [0.1, 0.15) is 0 Å². The molecule has 6 nitrogen and oxygen atoms in total. The minimum absolute atomic E-state index is 0.251. The zero-order chi connectivity index (χ0) is 21.0. The molecule has 0 saturated heterocycles. The predicted molar refractivity (Wildman–Crippen MR) is 120 cm³/mol. The van der Waals surface area contributed by atoms with Gasteiger partial charge >= 0.3 is 5.97 Å². The fraction of sp³-hybridized carbons (Fsp3) is 0.286. The first-order valence-corrected chi connectivity index (χ1v) is 10.7. The molecule has 8 heteroatoms. The highest BCUT2D eigenvalue weighted by Gasteiger charge is 2.25. The van der Waals surface area contributed by atoms with Crippen LogP contribution < -0.4 is 4.90 Å². The maximum Gasteiger partial charge on any atom is 0.338 e. The summed E-state index contributed by atoms with van der Waals surface area (Å²) in [6.07, 6.45) is 0.777. The molecule has 1 amide bonds. The van der Waals surface area contributed by atoms with E-state index >= 15 is 0 Å². The van der Waals surface area contributed by atoms with E-state index in [9.17, 15) is 9.59 Å². The Hall–Kier alpha value is -2.29. The SMILES string of the molecule is COC(=O)c1ccccc1C(=O)N(CCCN(C)C)c1nc2ccc(Br)cc2s1. The summed E-state index contributed by atoms with van der Waals surface area (Å²) < 4.78 is 6.80. The molecule has 3 rings (SSSR count). The molecule has 0 aliphatic heterocycles. The lowest BCUT2D eigenvalue weighted by Crippen LogP contribution is -2.34. The first-order valence-electron chi connectivity index (χ1n) is 9.10. The van der Waals surface area contributed by atoms with Crippen molar-refractivity contribution >= 4 is 54.5 Å². The van der Waals surface area contributed by atoms with E-state index in [1.54, 1.807) is 29.2 Å². The van der Waals surface area contributed by atoms with E-state index in [2.05, 4.69) is 25.8 Å². The number of hydrogen-bond acceptors (Lipinski definition) is 6. The number of fused-ring (bicyclic) bond motifs is 1. The van der Waals surface area contributed by atoms with Gasteiger partial charge in [0.25, 0.3) is 5.91 Å². The van der Waals surface area contributed by atoms with Crippen LogP contribution in [0, 0.1) is 0 Å². The number of carbonyl (C=O) groups is 2. The standard InChI is InChI=1S/C21H22BrN3O3S/c1-24(2)11-6-12-25(21-23-17-10-9-14(22)13-18(17)29-21)19(26)15-7-4-5-8-16(15)20(27)28-3/h4-5,7-10,13H,6,11-12H2,1-3H3. The second-order valence-corrected chi connectivity index (χ2v) is 8.68. The van der Waals surface area contributed by atoms with Gasteiger partial charge in [-0.3, -0.25) is 9.69 Å². The fourth-order valence-corrected chi connectivity index (χ4v) is 4.48. The molecular formula is C21H22BrN3O3S. The molecule has 0 fully saturated rings. The topological polar surface area (TPSA) is 62.7 Å². The normalized spacial score (nSPS) is 11.1. The Kier molecular flexibility index (Phi) is 7.00. The summed E-state index contributed by atoms with van der Waals surface area (Å²) in [7, 11) is 5.30. The number of anilines is 1. The molecule has 0 N–H and O–H groups in total. The number of ether oxygens (including phenoxy) is 1. The number of rotatable bonds is 7. The van der Waals surface area contributed by atoms with Gasteiger partial charge in [-0.1, -0.05) is 39.4 Å². The Bertz CT molecular complexity index is 1030. The van der Waals surface area contributed by atoms with Crippen LogP contribution in [0.3, 0.4) is 0 Å². The molecule has 0 radical (unpaired) electrons. The molecule has 0 spiro atoms. The number of carbonyl (C=O) groups excluding carboxylic acids is 2. The number of esters is 1. The maximum absolute atomic E-state index is 13.5. The van der Waals surface area contributed by atoms with E-state index in [1.165, 1.54) is 18.4 Å². The second kappa shape index (κ2) is 9.47. The van der Waals surface area contributed by atoms with Gasteiger partial charge in [0.15, 0.2) is 5.13 Å². The molecule has 0 unspecified atom stereocenters. The van der Waals surface area contributed by atoms with Crippen LogP contribution in [0.25, 0.3) is 10.2 Å². The Morgan fingerprint density at radius 3 is 2.52 bits per heavy atom. The highest BCUT2D eigenvalue weighted by atomic mass is 79.9. The van der Waals surface area contributed by atoms with E-state index in [0.29, 0.717) is 17.2 Å². The monoisotopic (exact) mass is 475 g/mol. The Labute approximate surface area is 182 Å². The van der Waals surface area contributed by atoms with Crippen LogP contribution in [0.1, 0.15) is 27.1 Å². The van der Waals surface area contributed by atoms with Crippen molar-refractivity contribution in [3.63, 3.8) is 0 Å². The van der Waals surface area contributed by atoms with Crippen molar-refractivity contribution in [1.29, 1.82) is 0 Å². The lowest BCUT2D eigenvalue weighted by atomic mass is 10.1. The van der Waals surface area contributed by atoms with Gasteiger partial charge < -0.3 is 9.64 Å². The Morgan fingerprint density at radius 1 is 1.10 bits per heavy atom. The highest BCUT2D eigenvalue weighted by Crippen LogP contribution is 2.32. The Morgan fingerprint density at radius 2 is 1.83 bits per heavy atom. The number of hydrogen-bond donors (Lipinski definition) is 0. The summed E-state index contributed by atoms with van der Waals surface area (Å²) in [5, 5.41) is 0.613. The molecule has 0 aliphatic carbocycles. The van der Waals surface area contributed by atoms with E-state index < -0.39 is 5.97 Å². The lowest BCUT2D eigenvalue weighted by molar-refractivity contribution is 0.0597. The zero-order valence-corrected chi connectivity index (χ0v) is 18.9. The van der Waals surface area contributed by atoms with Crippen LogP contribution in [-0.4, -0.2) is 56.1 Å². The minimum atomic E-state index is -0.532. The third kappa shape index (κ3) is 5.01. The van der Waals surface area contributed by atoms with E-state index in [4.69, 9.17) is 4.74 Å². The Balaban J connectivity index is 2.00. The molecule has 3 aromatic rings. The number of benzene rings is 2. The summed E-state index contributed by atoms with van der Waals surface area (Å²) in [6, 6.07) is 12.5. The van der Waals surface area contributed by atoms with Crippen LogP contribution in [0.4, 0.5) is 5.13 Å². The van der Waals surface area contributed by atoms with Crippen molar-refractivity contribution in [2.24, 2.45) is 0 Å². The first-order chi connectivity index (χ1) is 13.9. The fourth-order valence-electron chi connectivity index (χ4n) is 2.93. The molecule has 152 valence electrons. The highest BCUT2D eigenvalue weighted by molar-refractivity contribution is 9.10. The van der Waals surface area contributed by atoms with E-state index in [0.717, 1.165) is 27.7 Å². The summed E-state index contributed by atoms with van der Waals surface area (Å²) in [5.74, 6) is -0.793. The van der Waals surface area contributed by atoms with Gasteiger partial charge in [-0.05, 0) is 57.4 Å². The predicted octanol–water partition coefficient (Wildman–Crippen LogP) is 4.44. The number of amides is 1. The number of aromatic nitrogens is 1. The van der Waals surface area contributed by atoms with Gasteiger partial charge in [0.05, 0.1) is 28.5 Å². The van der Waals surface area contributed by atoms with Gasteiger partial charge in [-0.2, -0.15) is 0 Å². The summed E-state index contributed by atoms with van der Waals surface area (Å²) in [6.45, 7) is 1.33. The zero-order valence-electron chi connectivity index (χ0n) is 16.5. The third-order valence-corrected chi connectivity index (χ3v) is 5.90. The first kappa shape index (κ1) is 21.4. The summed E-state index contributed by atoms with van der Waals surface area (Å²) in [5.41, 5.74) is 1.39. The van der Waals surface area contributed by atoms with Crippen molar-refractivity contribution in [3.05, 3.63) is 58.1 Å².